The van der Waals surface area contributed by atoms with Gasteiger partial charge < -0.3 is 19.1 Å². The van der Waals surface area contributed by atoms with Gasteiger partial charge in [-0.15, -0.1) is 0 Å². The van der Waals surface area contributed by atoms with Crippen molar-refractivity contribution in [3.05, 3.63) is 53.3 Å². The molecular formula is C20H27N7O. The zero-order chi connectivity index (χ0) is 19.5. The average Bonchev–Trinajstić information content (AvgIpc) is 3.30. The molecule has 0 atom stereocenters. The minimum Gasteiger partial charge on any atom is -0.361 e. The van der Waals surface area contributed by atoms with Crippen LogP contribution in [0.15, 0.2) is 40.0 Å². The molecule has 8 heteroatoms. The molecule has 4 rings (SSSR count). The molecule has 1 fully saturated rings. The smallest absolute Gasteiger partial charge is 0.194 e. The van der Waals surface area contributed by atoms with E-state index in [0.29, 0.717) is 6.54 Å². The normalized spacial score (nSPS) is 16.1. The van der Waals surface area contributed by atoms with E-state index in [9.17, 15) is 0 Å². The fourth-order valence-corrected chi connectivity index (χ4v) is 3.63. The molecule has 0 radical (unpaired) electrons. The molecule has 0 amide bonds. The second-order valence-electron chi connectivity index (χ2n) is 7.22. The van der Waals surface area contributed by atoms with E-state index >= 15 is 0 Å². The number of imidazole rings is 1. The summed E-state index contributed by atoms with van der Waals surface area (Å²) in [4.78, 5) is 13.8. The number of nitrogens with zero attached hydrogens (tertiary/aromatic N) is 6. The lowest BCUT2D eigenvalue weighted by Crippen LogP contribution is -2.52. The zero-order valence-corrected chi connectivity index (χ0v) is 16.7. The first-order valence-corrected chi connectivity index (χ1v) is 9.66. The van der Waals surface area contributed by atoms with Gasteiger partial charge in [0.05, 0.1) is 17.9 Å². The van der Waals surface area contributed by atoms with Gasteiger partial charge in [-0.25, -0.2) is 4.98 Å². The highest BCUT2D eigenvalue weighted by molar-refractivity contribution is 5.80. The van der Waals surface area contributed by atoms with Crippen molar-refractivity contribution in [3.63, 3.8) is 0 Å². The predicted octanol–water partition coefficient (Wildman–Crippen LogP) is 1.83. The van der Waals surface area contributed by atoms with E-state index in [4.69, 9.17) is 4.52 Å². The van der Waals surface area contributed by atoms with Crippen molar-refractivity contribution in [2.75, 3.05) is 33.2 Å². The maximum atomic E-state index is 5.16. The van der Waals surface area contributed by atoms with Crippen LogP contribution in [0.5, 0.6) is 0 Å². The molecule has 0 bridgehead atoms. The monoisotopic (exact) mass is 381 g/mol. The van der Waals surface area contributed by atoms with Gasteiger partial charge in [0.15, 0.2) is 5.96 Å². The van der Waals surface area contributed by atoms with E-state index in [0.717, 1.165) is 61.5 Å². The van der Waals surface area contributed by atoms with Gasteiger partial charge in [0.1, 0.15) is 11.4 Å². The summed E-state index contributed by atoms with van der Waals surface area (Å²) in [5, 5.41) is 7.55. The van der Waals surface area contributed by atoms with Crippen LogP contribution in [0.2, 0.25) is 0 Å². The molecule has 148 valence electrons. The summed E-state index contributed by atoms with van der Waals surface area (Å²) >= 11 is 0. The van der Waals surface area contributed by atoms with Gasteiger partial charge in [-0.3, -0.25) is 9.89 Å². The molecule has 3 aromatic heterocycles. The first-order valence-electron chi connectivity index (χ1n) is 9.66. The molecule has 28 heavy (non-hydrogen) atoms. The van der Waals surface area contributed by atoms with E-state index in [1.165, 1.54) is 5.69 Å². The molecule has 1 saturated heterocycles. The number of aliphatic imine (C=N–C) groups is 1. The van der Waals surface area contributed by atoms with Crippen LogP contribution in [-0.2, 0) is 13.1 Å². The Labute approximate surface area is 164 Å². The Morgan fingerprint density at radius 2 is 2.00 bits per heavy atom. The lowest BCUT2D eigenvalue weighted by molar-refractivity contribution is 0.169. The van der Waals surface area contributed by atoms with Gasteiger partial charge in [-0.2, -0.15) is 0 Å². The van der Waals surface area contributed by atoms with E-state index in [-0.39, 0.29) is 0 Å². The van der Waals surface area contributed by atoms with Crippen molar-refractivity contribution < 1.29 is 4.52 Å². The lowest BCUT2D eigenvalue weighted by Gasteiger charge is -2.36. The van der Waals surface area contributed by atoms with E-state index in [1.54, 1.807) is 0 Å². The van der Waals surface area contributed by atoms with Gasteiger partial charge in [0, 0.05) is 57.7 Å². The van der Waals surface area contributed by atoms with Crippen molar-refractivity contribution in [1.82, 2.24) is 29.7 Å². The Hall–Kier alpha value is -2.87. The molecule has 0 aliphatic carbocycles. The first-order chi connectivity index (χ1) is 13.6. The second kappa shape index (κ2) is 8.02. The first kappa shape index (κ1) is 18.5. The summed E-state index contributed by atoms with van der Waals surface area (Å²) < 4.78 is 7.28. The molecule has 1 N–H and O–H groups in total. The molecule has 0 saturated carbocycles. The third-order valence-electron chi connectivity index (χ3n) is 5.12. The van der Waals surface area contributed by atoms with Gasteiger partial charge in [0.2, 0.25) is 0 Å². The largest absolute Gasteiger partial charge is 0.361 e. The Bertz CT molecular complexity index is 966. The molecular weight excluding hydrogens is 354 g/mol. The fraction of sp³-hybridized carbons (Fsp3) is 0.450. The number of hydrogen-bond acceptors (Lipinski definition) is 5. The summed E-state index contributed by atoms with van der Waals surface area (Å²) in [5.74, 6) is 1.78. The highest BCUT2D eigenvalue weighted by Gasteiger charge is 2.20. The Kier molecular flexibility index (Phi) is 5.29. The van der Waals surface area contributed by atoms with E-state index in [1.807, 2.05) is 32.2 Å². The maximum absolute atomic E-state index is 5.16. The number of nitrogens with one attached hydrogen (secondary N) is 1. The molecule has 3 aromatic rings. The number of aryl methyl sites for hydroxylation is 2. The van der Waals surface area contributed by atoms with Crippen LogP contribution in [0.25, 0.3) is 5.65 Å². The van der Waals surface area contributed by atoms with Crippen molar-refractivity contribution in [2.45, 2.75) is 26.9 Å². The van der Waals surface area contributed by atoms with Crippen molar-refractivity contribution in [1.29, 1.82) is 0 Å². The van der Waals surface area contributed by atoms with Crippen LogP contribution in [-0.4, -0.2) is 63.5 Å². The van der Waals surface area contributed by atoms with Crippen LogP contribution >= 0.6 is 0 Å². The van der Waals surface area contributed by atoms with Crippen LogP contribution in [0.3, 0.4) is 0 Å². The third kappa shape index (κ3) is 4.01. The Balaban J connectivity index is 1.31. The molecule has 0 spiro atoms. The average molecular weight is 381 g/mol. The number of pyridine rings is 1. The zero-order valence-electron chi connectivity index (χ0n) is 16.7. The highest BCUT2D eigenvalue weighted by Crippen LogP contribution is 2.11. The second-order valence-corrected chi connectivity index (χ2v) is 7.22. The molecule has 0 aromatic carbocycles. The van der Waals surface area contributed by atoms with Crippen molar-refractivity contribution in [3.8, 4) is 0 Å². The topological polar surface area (TPSA) is 74.2 Å². The summed E-state index contributed by atoms with van der Waals surface area (Å²) in [6, 6.07) is 8.16. The molecule has 4 heterocycles. The standard InChI is InChI=1S/C20H27N7O/c1-15-5-4-6-19-23-18(14-27(15)19)12-22-20(21-3)26-9-7-25(8-10-26)13-17-11-16(2)28-24-17/h4-6,11,14H,7-10,12-13H2,1-3H3,(H,21,22). The summed E-state index contributed by atoms with van der Waals surface area (Å²) in [6.07, 6.45) is 2.09. The minimum atomic E-state index is 0.659. The van der Waals surface area contributed by atoms with Crippen molar-refractivity contribution in [2.24, 2.45) is 4.99 Å². The van der Waals surface area contributed by atoms with Crippen LogP contribution < -0.4 is 5.32 Å². The quantitative estimate of drug-likeness (QED) is 0.549. The molecule has 8 nitrogen and oxygen atoms in total. The highest BCUT2D eigenvalue weighted by atomic mass is 16.5. The van der Waals surface area contributed by atoms with Crippen LogP contribution in [0, 0.1) is 13.8 Å². The van der Waals surface area contributed by atoms with Gasteiger partial charge in [-0.1, -0.05) is 11.2 Å². The SMILES string of the molecule is CN=C(NCc1cn2c(C)cccc2n1)N1CCN(Cc2cc(C)on2)CC1. The van der Waals surface area contributed by atoms with E-state index < -0.39 is 0 Å². The van der Waals surface area contributed by atoms with Crippen LogP contribution in [0.1, 0.15) is 22.8 Å². The summed E-state index contributed by atoms with van der Waals surface area (Å²) in [6.45, 7) is 9.31. The number of rotatable bonds is 4. The number of fused-ring (bicyclic) bond motifs is 1. The number of piperazine rings is 1. The number of hydrogen-bond donors (Lipinski definition) is 1. The van der Waals surface area contributed by atoms with Crippen LogP contribution in [0.4, 0.5) is 0 Å². The van der Waals surface area contributed by atoms with Gasteiger partial charge in [-0.05, 0) is 26.0 Å². The predicted molar refractivity (Wildman–Crippen MR) is 108 cm³/mol. The molecule has 1 aliphatic rings. The maximum Gasteiger partial charge on any atom is 0.194 e. The minimum absolute atomic E-state index is 0.659. The third-order valence-corrected chi connectivity index (χ3v) is 5.12. The lowest BCUT2D eigenvalue weighted by atomic mass is 10.3. The van der Waals surface area contributed by atoms with Crippen molar-refractivity contribution >= 4 is 11.6 Å². The number of guanidine groups is 1. The van der Waals surface area contributed by atoms with Gasteiger partial charge >= 0.3 is 0 Å². The van der Waals surface area contributed by atoms with Gasteiger partial charge in [0.25, 0.3) is 0 Å². The Morgan fingerprint density at radius 3 is 2.68 bits per heavy atom. The molecule has 0 unspecified atom stereocenters. The Morgan fingerprint density at radius 1 is 1.18 bits per heavy atom. The molecule has 1 aliphatic heterocycles. The summed E-state index contributed by atoms with van der Waals surface area (Å²) in [5.41, 5.74) is 4.16. The van der Waals surface area contributed by atoms with E-state index in [2.05, 4.69) is 53.8 Å². The fourth-order valence-electron chi connectivity index (χ4n) is 3.63. The number of aromatic nitrogens is 3. The summed E-state index contributed by atoms with van der Waals surface area (Å²) in [7, 11) is 1.83.